The van der Waals surface area contributed by atoms with E-state index in [-0.39, 0.29) is 5.91 Å². The van der Waals surface area contributed by atoms with Gasteiger partial charge in [-0.2, -0.15) is 0 Å². The van der Waals surface area contributed by atoms with Crippen molar-refractivity contribution in [3.63, 3.8) is 0 Å². The molecule has 0 N–H and O–H groups in total. The number of rotatable bonds is 4. The Morgan fingerprint density at radius 2 is 1.75 bits per heavy atom. The van der Waals surface area contributed by atoms with E-state index in [1.807, 2.05) is 54.6 Å². The fraction of sp³-hybridized carbons (Fsp3) is 0.130. The molecule has 3 aromatic carbocycles. The number of hydrogen-bond acceptors (Lipinski definition) is 3. The molecular formula is C23H19BrN2OS. The van der Waals surface area contributed by atoms with Crippen LogP contribution in [0.15, 0.2) is 71.2 Å². The monoisotopic (exact) mass is 450 g/mol. The van der Waals surface area contributed by atoms with Crippen LogP contribution in [-0.4, -0.2) is 10.9 Å². The molecule has 5 heteroatoms. The van der Waals surface area contributed by atoms with Crippen LogP contribution in [0, 0.1) is 13.8 Å². The van der Waals surface area contributed by atoms with Crippen molar-refractivity contribution in [2.75, 3.05) is 4.90 Å². The van der Waals surface area contributed by atoms with Crippen molar-refractivity contribution >= 4 is 48.5 Å². The van der Waals surface area contributed by atoms with Crippen LogP contribution < -0.4 is 4.90 Å². The first-order valence-corrected chi connectivity index (χ1v) is 10.6. The van der Waals surface area contributed by atoms with Crippen molar-refractivity contribution in [1.29, 1.82) is 0 Å². The summed E-state index contributed by atoms with van der Waals surface area (Å²) in [6, 6.07) is 21.8. The number of fused-ring (bicyclic) bond motifs is 1. The molecule has 140 valence electrons. The number of benzene rings is 3. The van der Waals surface area contributed by atoms with Gasteiger partial charge in [-0.1, -0.05) is 59.9 Å². The Morgan fingerprint density at radius 1 is 1.04 bits per heavy atom. The van der Waals surface area contributed by atoms with Crippen LogP contribution in [0.1, 0.15) is 27.0 Å². The molecule has 0 atom stereocenters. The van der Waals surface area contributed by atoms with Crippen LogP contribution in [0.4, 0.5) is 5.13 Å². The third-order valence-electron chi connectivity index (χ3n) is 4.58. The molecule has 0 radical (unpaired) electrons. The van der Waals surface area contributed by atoms with Gasteiger partial charge in [0.2, 0.25) is 0 Å². The zero-order chi connectivity index (χ0) is 19.7. The van der Waals surface area contributed by atoms with Crippen LogP contribution in [0.5, 0.6) is 0 Å². The van der Waals surface area contributed by atoms with Gasteiger partial charge >= 0.3 is 0 Å². The quantitative estimate of drug-likeness (QED) is 0.354. The van der Waals surface area contributed by atoms with Crippen molar-refractivity contribution < 1.29 is 4.79 Å². The maximum Gasteiger partial charge on any atom is 0.261 e. The molecule has 0 saturated carbocycles. The van der Waals surface area contributed by atoms with Gasteiger partial charge in [0.05, 0.1) is 22.3 Å². The Balaban J connectivity index is 1.82. The Labute approximate surface area is 176 Å². The SMILES string of the molecule is Cc1cc(C)c2nc(N(Cc3ccccc3)C(=O)c3ccccc3Br)sc2c1. The number of carbonyl (C=O) groups is 1. The highest BCUT2D eigenvalue weighted by Crippen LogP contribution is 2.34. The second-order valence-corrected chi connectivity index (χ2v) is 8.65. The second kappa shape index (κ2) is 7.86. The van der Waals surface area contributed by atoms with Crippen LogP contribution in [0.25, 0.3) is 10.2 Å². The largest absolute Gasteiger partial charge is 0.279 e. The van der Waals surface area contributed by atoms with Gasteiger partial charge in [-0.15, -0.1) is 0 Å². The molecule has 1 heterocycles. The number of carbonyl (C=O) groups excluding carboxylic acids is 1. The van der Waals surface area contributed by atoms with Gasteiger partial charge in [0.25, 0.3) is 5.91 Å². The predicted molar refractivity (Wildman–Crippen MR) is 120 cm³/mol. The predicted octanol–water partition coefficient (Wildman–Crippen LogP) is 6.52. The fourth-order valence-electron chi connectivity index (χ4n) is 3.25. The normalized spacial score (nSPS) is 11.0. The van der Waals surface area contributed by atoms with Gasteiger partial charge in [0.1, 0.15) is 0 Å². The smallest absolute Gasteiger partial charge is 0.261 e. The average Bonchev–Trinajstić information content (AvgIpc) is 3.11. The number of amides is 1. The van der Waals surface area contributed by atoms with Gasteiger partial charge < -0.3 is 0 Å². The van der Waals surface area contributed by atoms with Crippen molar-refractivity contribution in [2.24, 2.45) is 0 Å². The molecule has 0 spiro atoms. The molecule has 3 nitrogen and oxygen atoms in total. The zero-order valence-electron chi connectivity index (χ0n) is 15.6. The van der Waals surface area contributed by atoms with Crippen molar-refractivity contribution in [1.82, 2.24) is 4.98 Å². The molecule has 0 unspecified atom stereocenters. The van der Waals surface area contributed by atoms with E-state index in [1.54, 1.807) is 16.2 Å². The molecule has 1 aromatic heterocycles. The molecule has 0 aliphatic carbocycles. The number of thiazole rings is 1. The van der Waals surface area contributed by atoms with Gasteiger partial charge in [0, 0.05) is 4.47 Å². The summed E-state index contributed by atoms with van der Waals surface area (Å²) in [5, 5.41) is 0.716. The van der Waals surface area contributed by atoms with E-state index in [2.05, 4.69) is 41.9 Å². The maximum absolute atomic E-state index is 13.5. The van der Waals surface area contributed by atoms with E-state index in [4.69, 9.17) is 4.98 Å². The van der Waals surface area contributed by atoms with Gasteiger partial charge in [-0.3, -0.25) is 9.69 Å². The number of aromatic nitrogens is 1. The minimum atomic E-state index is -0.0650. The lowest BCUT2D eigenvalue weighted by Gasteiger charge is -2.20. The van der Waals surface area contributed by atoms with Crippen molar-refractivity contribution in [3.8, 4) is 0 Å². The number of halogens is 1. The van der Waals surface area contributed by atoms with Crippen LogP contribution in [0.3, 0.4) is 0 Å². The van der Waals surface area contributed by atoms with Crippen LogP contribution in [0.2, 0.25) is 0 Å². The molecule has 0 saturated heterocycles. The second-order valence-electron chi connectivity index (χ2n) is 6.78. The zero-order valence-corrected chi connectivity index (χ0v) is 18.0. The fourth-order valence-corrected chi connectivity index (χ4v) is 4.84. The standard InChI is InChI=1S/C23H19BrN2OS/c1-15-12-16(2)21-20(13-15)28-23(25-21)26(14-17-8-4-3-5-9-17)22(27)18-10-6-7-11-19(18)24/h3-13H,14H2,1-2H3. The molecular weight excluding hydrogens is 432 g/mol. The summed E-state index contributed by atoms with van der Waals surface area (Å²) >= 11 is 5.07. The third kappa shape index (κ3) is 3.73. The van der Waals surface area contributed by atoms with E-state index in [0.717, 1.165) is 25.8 Å². The first-order valence-electron chi connectivity index (χ1n) is 9.01. The first kappa shape index (κ1) is 18.8. The molecule has 0 fully saturated rings. The third-order valence-corrected chi connectivity index (χ3v) is 6.30. The summed E-state index contributed by atoms with van der Waals surface area (Å²) in [4.78, 5) is 20.1. The molecule has 4 aromatic rings. The lowest BCUT2D eigenvalue weighted by Crippen LogP contribution is -2.30. The summed E-state index contributed by atoms with van der Waals surface area (Å²) in [5.74, 6) is -0.0650. The molecule has 1 amide bonds. The van der Waals surface area contributed by atoms with E-state index < -0.39 is 0 Å². The Bertz CT molecular complexity index is 1150. The van der Waals surface area contributed by atoms with Gasteiger partial charge in [-0.05, 0) is 64.7 Å². The van der Waals surface area contributed by atoms with E-state index in [1.165, 1.54) is 5.56 Å². The lowest BCUT2D eigenvalue weighted by molar-refractivity contribution is 0.0984. The highest BCUT2D eigenvalue weighted by Gasteiger charge is 2.23. The van der Waals surface area contributed by atoms with Crippen LogP contribution in [-0.2, 0) is 6.54 Å². The molecule has 4 rings (SSSR count). The minimum absolute atomic E-state index is 0.0650. The summed E-state index contributed by atoms with van der Waals surface area (Å²) in [5.41, 5.74) is 4.99. The molecule has 0 aliphatic rings. The maximum atomic E-state index is 13.5. The highest BCUT2D eigenvalue weighted by molar-refractivity contribution is 9.10. The molecule has 0 bridgehead atoms. The van der Waals surface area contributed by atoms with E-state index in [0.29, 0.717) is 17.2 Å². The summed E-state index contributed by atoms with van der Waals surface area (Å²) < 4.78 is 1.89. The highest BCUT2D eigenvalue weighted by atomic mass is 79.9. The summed E-state index contributed by atoms with van der Waals surface area (Å²) in [6.45, 7) is 4.62. The number of anilines is 1. The lowest BCUT2D eigenvalue weighted by atomic mass is 10.1. The summed E-state index contributed by atoms with van der Waals surface area (Å²) in [6.07, 6.45) is 0. The average molecular weight is 451 g/mol. The van der Waals surface area contributed by atoms with Crippen molar-refractivity contribution in [3.05, 3.63) is 93.5 Å². The number of aryl methyl sites for hydroxylation is 2. The van der Waals surface area contributed by atoms with Gasteiger partial charge in [0.15, 0.2) is 5.13 Å². The van der Waals surface area contributed by atoms with E-state index in [9.17, 15) is 4.79 Å². The van der Waals surface area contributed by atoms with Crippen LogP contribution >= 0.6 is 27.3 Å². The van der Waals surface area contributed by atoms with Crippen molar-refractivity contribution in [2.45, 2.75) is 20.4 Å². The summed E-state index contributed by atoms with van der Waals surface area (Å²) in [7, 11) is 0. The number of hydrogen-bond donors (Lipinski definition) is 0. The Kier molecular flexibility index (Phi) is 5.29. The van der Waals surface area contributed by atoms with Gasteiger partial charge in [-0.25, -0.2) is 4.98 Å². The topological polar surface area (TPSA) is 33.2 Å². The number of nitrogens with zero attached hydrogens (tertiary/aromatic N) is 2. The minimum Gasteiger partial charge on any atom is -0.279 e. The molecule has 0 aliphatic heterocycles. The Morgan fingerprint density at radius 3 is 2.50 bits per heavy atom. The van der Waals surface area contributed by atoms with E-state index >= 15 is 0 Å². The Hall–Kier alpha value is -2.50. The molecule has 28 heavy (non-hydrogen) atoms. The first-order chi connectivity index (χ1) is 13.5.